The Balaban J connectivity index is 2.03. The number of carbonyl (C=O) groups is 1. The average molecular weight is 432 g/mol. The van der Waals surface area contributed by atoms with Gasteiger partial charge >= 0.3 is 5.97 Å². The number of hydrogen-bond donors (Lipinski definition) is 2. The van der Waals surface area contributed by atoms with E-state index in [0.29, 0.717) is 24.0 Å². The summed E-state index contributed by atoms with van der Waals surface area (Å²) in [4.78, 5) is 12.9. The molecule has 0 spiro atoms. The van der Waals surface area contributed by atoms with Gasteiger partial charge in [-0.15, -0.1) is 0 Å². The molecule has 3 aromatic rings. The van der Waals surface area contributed by atoms with Gasteiger partial charge in [0.15, 0.2) is 0 Å². The molecule has 0 aliphatic carbocycles. The Bertz CT molecular complexity index is 1080. The minimum Gasteiger partial charge on any atom is -0.515 e. The van der Waals surface area contributed by atoms with Crippen molar-refractivity contribution >= 4 is 11.5 Å². The molecule has 0 saturated heterocycles. The van der Waals surface area contributed by atoms with Crippen LogP contribution in [0.1, 0.15) is 16.7 Å². The van der Waals surface area contributed by atoms with Gasteiger partial charge in [0, 0.05) is 28.8 Å². The van der Waals surface area contributed by atoms with E-state index in [1.165, 1.54) is 0 Å². The molecule has 0 unspecified atom stereocenters. The molecule has 2 N–H and O–H groups in total. The molecule has 0 fully saturated rings. The van der Waals surface area contributed by atoms with Gasteiger partial charge in [0.1, 0.15) is 29.9 Å². The van der Waals surface area contributed by atoms with Crippen LogP contribution in [0.2, 0.25) is 0 Å². The predicted molar refractivity (Wildman–Crippen MR) is 104 cm³/mol. The highest BCUT2D eigenvalue weighted by molar-refractivity contribution is 5.86. The van der Waals surface area contributed by atoms with Gasteiger partial charge in [-0.05, 0) is 29.8 Å². The second-order valence-corrected chi connectivity index (χ2v) is 6.56. The van der Waals surface area contributed by atoms with Crippen LogP contribution in [-0.2, 0) is 15.1 Å². The van der Waals surface area contributed by atoms with Crippen LogP contribution in [-0.4, -0.2) is 22.8 Å². The third-order valence-corrected chi connectivity index (χ3v) is 4.60. The quantitative estimate of drug-likeness (QED) is 0.339. The van der Waals surface area contributed by atoms with Crippen molar-refractivity contribution in [1.82, 2.24) is 0 Å². The molecule has 8 heteroatoms. The van der Waals surface area contributed by atoms with E-state index < -0.39 is 52.6 Å². The molecule has 0 radical (unpaired) electrons. The van der Waals surface area contributed by atoms with Gasteiger partial charge in [-0.1, -0.05) is 30.3 Å². The molecule has 0 heterocycles. The van der Waals surface area contributed by atoms with Crippen molar-refractivity contribution in [1.29, 1.82) is 0 Å². The smallest absolute Gasteiger partial charge is 0.348 e. The molecule has 0 aliphatic rings. The largest absolute Gasteiger partial charge is 0.515 e. The molecule has 3 rings (SSSR count). The lowest BCUT2D eigenvalue weighted by Crippen LogP contribution is -2.40. The maximum absolute atomic E-state index is 14.5. The van der Waals surface area contributed by atoms with E-state index in [-0.39, 0.29) is 5.57 Å². The number of esters is 1. The van der Waals surface area contributed by atoms with E-state index in [2.05, 4.69) is 0 Å². The molecule has 160 valence electrons. The standard InChI is InChI=1S/C23H16F4O4/c24-16-6-8-18(20(26)10-16)23(30,19-9-7-17(25)11-21(19)27)22(29)31-13-15(12-28)14-4-2-1-3-5-14/h1-12,28,30H,13H2. The molecular formula is C23H16F4O4. The third kappa shape index (κ3) is 4.44. The zero-order chi connectivity index (χ0) is 22.6. The number of rotatable bonds is 6. The number of halogens is 4. The van der Waals surface area contributed by atoms with E-state index in [1.54, 1.807) is 30.3 Å². The van der Waals surface area contributed by atoms with Gasteiger partial charge in [0.2, 0.25) is 5.60 Å². The summed E-state index contributed by atoms with van der Waals surface area (Å²) >= 11 is 0. The van der Waals surface area contributed by atoms with Gasteiger partial charge in [-0.3, -0.25) is 0 Å². The van der Waals surface area contributed by atoms with Crippen LogP contribution in [0.15, 0.2) is 73.0 Å². The summed E-state index contributed by atoms with van der Waals surface area (Å²) in [5, 5.41) is 20.6. The van der Waals surface area contributed by atoms with Crippen molar-refractivity contribution in [3.05, 3.63) is 113 Å². The Kier molecular flexibility index (Phi) is 6.41. The number of hydrogen-bond acceptors (Lipinski definition) is 4. The van der Waals surface area contributed by atoms with Gasteiger partial charge in [-0.25, -0.2) is 22.4 Å². The summed E-state index contributed by atoms with van der Waals surface area (Å²) < 4.78 is 60.7. The van der Waals surface area contributed by atoms with Crippen molar-refractivity contribution in [3.8, 4) is 0 Å². The Morgan fingerprint density at radius 2 is 1.39 bits per heavy atom. The van der Waals surface area contributed by atoms with Gasteiger partial charge in [0.25, 0.3) is 0 Å². The highest BCUT2D eigenvalue weighted by Gasteiger charge is 2.46. The number of carbonyl (C=O) groups excluding carboxylic acids is 1. The first-order valence-electron chi connectivity index (χ1n) is 8.96. The molecule has 31 heavy (non-hydrogen) atoms. The van der Waals surface area contributed by atoms with Crippen LogP contribution >= 0.6 is 0 Å². The molecule has 0 aliphatic heterocycles. The summed E-state index contributed by atoms with van der Waals surface area (Å²) in [5.41, 5.74) is -4.03. The maximum Gasteiger partial charge on any atom is 0.348 e. The SMILES string of the molecule is O=C(OCC(=CO)c1ccccc1)C(O)(c1ccc(F)cc1F)c1ccc(F)cc1F. The van der Waals surface area contributed by atoms with Crippen molar-refractivity contribution < 1.29 is 37.3 Å². The van der Waals surface area contributed by atoms with Crippen LogP contribution in [0, 0.1) is 23.3 Å². The predicted octanol–water partition coefficient (Wildman–Crippen LogP) is 4.62. The third-order valence-electron chi connectivity index (χ3n) is 4.60. The molecule has 3 aromatic carbocycles. The topological polar surface area (TPSA) is 66.8 Å². The zero-order valence-corrected chi connectivity index (χ0v) is 15.9. The van der Waals surface area contributed by atoms with Crippen molar-refractivity contribution in [2.75, 3.05) is 6.61 Å². The van der Waals surface area contributed by atoms with Crippen LogP contribution < -0.4 is 0 Å². The Hall–Kier alpha value is -3.65. The van der Waals surface area contributed by atoms with Crippen LogP contribution in [0.3, 0.4) is 0 Å². The van der Waals surface area contributed by atoms with E-state index in [1.807, 2.05) is 0 Å². The normalized spacial score (nSPS) is 12.0. The fraction of sp³-hybridized carbons (Fsp3) is 0.0870. The molecule has 0 saturated carbocycles. The highest BCUT2D eigenvalue weighted by atomic mass is 19.1. The minimum atomic E-state index is -3.06. The lowest BCUT2D eigenvalue weighted by molar-refractivity contribution is -0.161. The van der Waals surface area contributed by atoms with E-state index >= 15 is 0 Å². The summed E-state index contributed by atoms with van der Waals surface area (Å²) in [6, 6.07) is 12.1. The fourth-order valence-corrected chi connectivity index (χ4v) is 3.03. The average Bonchev–Trinajstić information content (AvgIpc) is 2.74. The van der Waals surface area contributed by atoms with E-state index in [0.717, 1.165) is 24.3 Å². The molecule has 0 atom stereocenters. The fourth-order valence-electron chi connectivity index (χ4n) is 3.03. The summed E-state index contributed by atoms with van der Waals surface area (Å²) in [5.74, 6) is -6.19. The van der Waals surface area contributed by atoms with Crippen molar-refractivity contribution in [2.45, 2.75) is 5.60 Å². The number of ether oxygens (including phenoxy) is 1. The molecule has 0 bridgehead atoms. The van der Waals surface area contributed by atoms with Crippen molar-refractivity contribution in [2.24, 2.45) is 0 Å². The van der Waals surface area contributed by atoms with Crippen LogP contribution in [0.25, 0.3) is 5.57 Å². The first-order chi connectivity index (χ1) is 14.8. The Morgan fingerprint density at radius 3 is 1.84 bits per heavy atom. The lowest BCUT2D eigenvalue weighted by atomic mass is 9.85. The number of aliphatic hydroxyl groups excluding tert-OH is 1. The van der Waals surface area contributed by atoms with Gasteiger partial charge in [-0.2, -0.15) is 0 Å². The molecule has 0 amide bonds. The Morgan fingerprint density at radius 1 is 0.871 bits per heavy atom. The van der Waals surface area contributed by atoms with E-state index in [4.69, 9.17) is 4.74 Å². The van der Waals surface area contributed by atoms with Gasteiger partial charge < -0.3 is 14.9 Å². The maximum atomic E-state index is 14.5. The molecule has 0 aromatic heterocycles. The summed E-state index contributed by atoms with van der Waals surface area (Å²) in [6.45, 7) is -0.562. The highest BCUT2D eigenvalue weighted by Crippen LogP contribution is 2.35. The zero-order valence-electron chi connectivity index (χ0n) is 15.9. The molecule has 4 nitrogen and oxygen atoms in total. The number of aliphatic hydroxyl groups is 2. The lowest BCUT2D eigenvalue weighted by Gasteiger charge is -2.28. The second-order valence-electron chi connectivity index (χ2n) is 6.56. The van der Waals surface area contributed by atoms with Gasteiger partial charge in [0.05, 0.1) is 6.26 Å². The molecular weight excluding hydrogens is 416 g/mol. The second kappa shape index (κ2) is 9.01. The summed E-state index contributed by atoms with van der Waals surface area (Å²) in [6.07, 6.45) is 0.679. The monoisotopic (exact) mass is 432 g/mol. The van der Waals surface area contributed by atoms with Crippen molar-refractivity contribution in [3.63, 3.8) is 0 Å². The summed E-state index contributed by atoms with van der Waals surface area (Å²) in [7, 11) is 0. The first-order valence-corrected chi connectivity index (χ1v) is 8.96. The number of benzene rings is 3. The minimum absolute atomic E-state index is 0.135. The first kappa shape index (κ1) is 22.0. The van der Waals surface area contributed by atoms with Crippen LogP contribution in [0.4, 0.5) is 17.6 Å². The Labute approximate surface area is 174 Å². The van der Waals surface area contributed by atoms with Crippen LogP contribution in [0.5, 0.6) is 0 Å². The van der Waals surface area contributed by atoms with E-state index in [9.17, 15) is 32.6 Å².